The van der Waals surface area contributed by atoms with E-state index in [-0.39, 0.29) is 6.04 Å². The van der Waals surface area contributed by atoms with Gasteiger partial charge in [-0.3, -0.25) is 0 Å². The zero-order valence-electron chi connectivity index (χ0n) is 13.1. The van der Waals surface area contributed by atoms with Crippen LogP contribution in [-0.2, 0) is 4.74 Å². The molecule has 1 saturated heterocycles. The highest BCUT2D eigenvalue weighted by Crippen LogP contribution is 2.19. The minimum atomic E-state index is 0.135. The zero-order chi connectivity index (χ0) is 14.5. The second kappa shape index (κ2) is 7.21. The van der Waals surface area contributed by atoms with Crippen LogP contribution in [0.1, 0.15) is 42.0 Å². The van der Waals surface area contributed by atoms with Crippen LogP contribution in [0.15, 0.2) is 18.2 Å². The maximum absolute atomic E-state index is 6.36. The van der Waals surface area contributed by atoms with Gasteiger partial charge in [-0.1, -0.05) is 29.3 Å². The third-order valence-corrected chi connectivity index (χ3v) is 4.28. The van der Waals surface area contributed by atoms with E-state index in [9.17, 15) is 0 Å². The fourth-order valence-electron chi connectivity index (χ4n) is 3.04. The van der Waals surface area contributed by atoms with Crippen molar-refractivity contribution in [2.75, 3.05) is 26.8 Å². The van der Waals surface area contributed by atoms with Crippen molar-refractivity contribution < 1.29 is 4.74 Å². The van der Waals surface area contributed by atoms with E-state index in [4.69, 9.17) is 10.5 Å². The molecule has 1 aromatic rings. The van der Waals surface area contributed by atoms with Gasteiger partial charge < -0.3 is 15.4 Å². The Balaban J connectivity index is 1.86. The molecule has 0 aliphatic carbocycles. The summed E-state index contributed by atoms with van der Waals surface area (Å²) in [6, 6.07) is 7.42. The van der Waals surface area contributed by atoms with Gasteiger partial charge in [0.15, 0.2) is 0 Å². The molecule has 0 amide bonds. The number of aryl methyl sites for hydroxylation is 2. The topological polar surface area (TPSA) is 38.5 Å². The predicted octanol–water partition coefficient (Wildman–Crippen LogP) is 2.80. The minimum absolute atomic E-state index is 0.135. The summed E-state index contributed by atoms with van der Waals surface area (Å²) in [5.74, 6) is 0. The van der Waals surface area contributed by atoms with Crippen LogP contribution in [0.4, 0.5) is 0 Å². The third kappa shape index (κ3) is 4.30. The number of nitrogens with zero attached hydrogens (tertiary/aromatic N) is 1. The van der Waals surface area contributed by atoms with Gasteiger partial charge in [0.1, 0.15) is 0 Å². The summed E-state index contributed by atoms with van der Waals surface area (Å²) in [5, 5.41) is 0. The molecular formula is C17H28N2O. The molecule has 1 aliphatic rings. The molecule has 1 aliphatic heterocycles. The van der Waals surface area contributed by atoms with Crippen LogP contribution < -0.4 is 5.73 Å². The lowest BCUT2D eigenvalue weighted by molar-refractivity contribution is 0.0422. The quantitative estimate of drug-likeness (QED) is 0.898. The second-order valence-corrected chi connectivity index (χ2v) is 6.14. The number of benzene rings is 1. The van der Waals surface area contributed by atoms with Crippen LogP contribution in [0, 0.1) is 13.8 Å². The van der Waals surface area contributed by atoms with Crippen molar-refractivity contribution in [1.29, 1.82) is 0 Å². The van der Waals surface area contributed by atoms with Crippen molar-refractivity contribution in [3.63, 3.8) is 0 Å². The van der Waals surface area contributed by atoms with E-state index in [2.05, 4.69) is 44.0 Å². The molecule has 1 heterocycles. The summed E-state index contributed by atoms with van der Waals surface area (Å²) in [4.78, 5) is 2.45. The van der Waals surface area contributed by atoms with E-state index in [1.54, 1.807) is 0 Å². The van der Waals surface area contributed by atoms with Crippen molar-refractivity contribution in [3.8, 4) is 0 Å². The highest BCUT2D eigenvalue weighted by Gasteiger charge is 2.19. The predicted molar refractivity (Wildman–Crippen MR) is 83.9 cm³/mol. The lowest BCUT2D eigenvalue weighted by atomic mass is 9.99. The number of hydrogen-bond donors (Lipinski definition) is 1. The fraction of sp³-hybridized carbons (Fsp3) is 0.647. The number of hydrogen-bond acceptors (Lipinski definition) is 3. The molecule has 3 nitrogen and oxygen atoms in total. The lowest BCUT2D eigenvalue weighted by Crippen LogP contribution is -2.38. The largest absolute Gasteiger partial charge is 0.381 e. The van der Waals surface area contributed by atoms with Crippen LogP contribution in [0.25, 0.3) is 0 Å². The molecule has 3 heteroatoms. The van der Waals surface area contributed by atoms with Crippen LogP contribution in [0.2, 0.25) is 0 Å². The maximum atomic E-state index is 6.36. The summed E-state index contributed by atoms with van der Waals surface area (Å²) in [7, 11) is 2.21. The summed E-state index contributed by atoms with van der Waals surface area (Å²) in [6.07, 6.45) is 3.31. The van der Waals surface area contributed by atoms with E-state index in [1.165, 1.54) is 16.7 Å². The Labute approximate surface area is 123 Å². The Kier molecular flexibility index (Phi) is 5.58. The minimum Gasteiger partial charge on any atom is -0.381 e. The molecule has 2 N–H and O–H groups in total. The van der Waals surface area contributed by atoms with Crippen molar-refractivity contribution >= 4 is 0 Å². The molecule has 0 radical (unpaired) electrons. The van der Waals surface area contributed by atoms with Gasteiger partial charge in [0, 0.05) is 25.3 Å². The normalized spacial score (nSPS) is 18.4. The summed E-state index contributed by atoms with van der Waals surface area (Å²) in [6.45, 7) is 7.13. The number of nitrogens with two attached hydrogens (primary N) is 1. The first-order valence-electron chi connectivity index (χ1n) is 7.68. The first-order chi connectivity index (χ1) is 9.56. The zero-order valence-corrected chi connectivity index (χ0v) is 13.1. The molecular weight excluding hydrogens is 248 g/mol. The van der Waals surface area contributed by atoms with Gasteiger partial charge in [0.05, 0.1) is 0 Å². The van der Waals surface area contributed by atoms with Gasteiger partial charge in [-0.15, -0.1) is 0 Å². The molecule has 0 aromatic heterocycles. The van der Waals surface area contributed by atoms with Crippen molar-refractivity contribution in [2.45, 2.75) is 45.2 Å². The second-order valence-electron chi connectivity index (χ2n) is 6.14. The summed E-state index contributed by atoms with van der Waals surface area (Å²) >= 11 is 0. The third-order valence-electron chi connectivity index (χ3n) is 4.28. The van der Waals surface area contributed by atoms with E-state index in [1.807, 2.05) is 0 Å². The molecule has 1 atom stereocenters. The first-order valence-corrected chi connectivity index (χ1v) is 7.68. The van der Waals surface area contributed by atoms with E-state index < -0.39 is 0 Å². The van der Waals surface area contributed by atoms with Crippen molar-refractivity contribution in [2.24, 2.45) is 5.73 Å². The lowest BCUT2D eigenvalue weighted by Gasteiger charge is -2.31. The Morgan fingerprint density at radius 2 is 1.80 bits per heavy atom. The molecule has 2 rings (SSSR count). The van der Waals surface area contributed by atoms with Crippen LogP contribution in [-0.4, -0.2) is 37.7 Å². The Bertz CT molecular complexity index is 407. The van der Waals surface area contributed by atoms with Gasteiger partial charge in [0.2, 0.25) is 0 Å². The fourth-order valence-corrected chi connectivity index (χ4v) is 3.04. The molecule has 112 valence electrons. The summed E-state index contributed by atoms with van der Waals surface area (Å²) in [5.41, 5.74) is 10.2. The molecule has 0 spiro atoms. The van der Waals surface area contributed by atoms with Crippen LogP contribution >= 0.6 is 0 Å². The van der Waals surface area contributed by atoms with Crippen molar-refractivity contribution in [3.05, 3.63) is 34.9 Å². The average molecular weight is 276 g/mol. The molecule has 1 fully saturated rings. The first kappa shape index (κ1) is 15.5. The van der Waals surface area contributed by atoms with Crippen molar-refractivity contribution in [1.82, 2.24) is 4.90 Å². The smallest absolute Gasteiger partial charge is 0.0480 e. The molecule has 1 aromatic carbocycles. The molecule has 1 unspecified atom stereocenters. The highest BCUT2D eigenvalue weighted by molar-refractivity contribution is 5.30. The monoisotopic (exact) mass is 276 g/mol. The average Bonchev–Trinajstić information content (AvgIpc) is 2.44. The van der Waals surface area contributed by atoms with Crippen LogP contribution in [0.3, 0.4) is 0 Å². The highest BCUT2D eigenvalue weighted by atomic mass is 16.5. The molecule has 20 heavy (non-hydrogen) atoms. The van der Waals surface area contributed by atoms with E-state index >= 15 is 0 Å². The Morgan fingerprint density at radius 1 is 1.20 bits per heavy atom. The Morgan fingerprint density at radius 3 is 2.40 bits per heavy atom. The van der Waals surface area contributed by atoms with Crippen LogP contribution in [0.5, 0.6) is 0 Å². The molecule has 0 bridgehead atoms. The Hall–Kier alpha value is -0.900. The molecule has 0 saturated carbocycles. The summed E-state index contributed by atoms with van der Waals surface area (Å²) < 4.78 is 5.42. The van der Waals surface area contributed by atoms with Gasteiger partial charge in [-0.05, 0) is 52.3 Å². The SMILES string of the molecule is Cc1cc(C)cc(C(N)CCN(C)C2CCOCC2)c1. The van der Waals surface area contributed by atoms with Gasteiger partial charge in [-0.2, -0.15) is 0 Å². The van der Waals surface area contributed by atoms with Gasteiger partial charge in [-0.25, -0.2) is 0 Å². The maximum Gasteiger partial charge on any atom is 0.0480 e. The van der Waals surface area contributed by atoms with Gasteiger partial charge >= 0.3 is 0 Å². The standard InChI is InChI=1S/C17H28N2O/c1-13-10-14(2)12-15(11-13)17(18)4-7-19(3)16-5-8-20-9-6-16/h10-12,16-17H,4-9,18H2,1-3H3. The van der Waals surface area contributed by atoms with Gasteiger partial charge in [0.25, 0.3) is 0 Å². The number of ether oxygens (including phenoxy) is 1. The number of rotatable bonds is 5. The van der Waals surface area contributed by atoms with E-state index in [0.717, 1.165) is 39.0 Å². The van der Waals surface area contributed by atoms with E-state index in [0.29, 0.717) is 6.04 Å².